The molecule has 0 spiro atoms. The van der Waals surface area contributed by atoms with Crippen LogP contribution >= 0.6 is 0 Å². The molecule has 5 nitrogen and oxygen atoms in total. The second kappa shape index (κ2) is 7.00. The van der Waals surface area contributed by atoms with Gasteiger partial charge in [0.15, 0.2) is 0 Å². The van der Waals surface area contributed by atoms with Crippen LogP contribution in [0.5, 0.6) is 0 Å². The molecule has 2 heterocycles. The average molecular weight is 341 g/mol. The van der Waals surface area contributed by atoms with E-state index in [1.165, 1.54) is 0 Å². The lowest BCUT2D eigenvalue weighted by Gasteiger charge is -2.35. The molecule has 5 heteroatoms. The number of hydrogen-bond donors (Lipinski definition) is 1. The molecule has 1 atom stereocenters. The average Bonchev–Trinajstić information content (AvgIpc) is 2.98. The lowest BCUT2D eigenvalue weighted by atomic mass is 9.93. The van der Waals surface area contributed by atoms with Crippen molar-refractivity contribution in [2.24, 2.45) is 0 Å². The summed E-state index contributed by atoms with van der Waals surface area (Å²) in [7, 11) is 0. The van der Waals surface area contributed by atoms with Crippen LogP contribution in [0.1, 0.15) is 55.2 Å². The molecule has 1 saturated heterocycles. The number of benzene rings is 1. The number of rotatable bonds is 4. The number of nitrogens with zero attached hydrogens (tertiary/aromatic N) is 2. The van der Waals surface area contributed by atoms with Crippen molar-refractivity contribution in [3.8, 4) is 5.69 Å². The van der Waals surface area contributed by atoms with Gasteiger partial charge in [0.1, 0.15) is 0 Å². The van der Waals surface area contributed by atoms with Crippen LogP contribution in [0.2, 0.25) is 0 Å². The van der Waals surface area contributed by atoms with Gasteiger partial charge in [-0.2, -0.15) is 5.10 Å². The van der Waals surface area contributed by atoms with Crippen LogP contribution in [0.15, 0.2) is 30.5 Å². The Bertz CT molecular complexity index is 764. The molecule has 0 saturated carbocycles. The van der Waals surface area contributed by atoms with Crippen LogP contribution in [0.4, 0.5) is 0 Å². The number of aryl methyl sites for hydroxylation is 1. The van der Waals surface area contributed by atoms with Gasteiger partial charge in [0, 0.05) is 12.6 Å². The van der Waals surface area contributed by atoms with E-state index in [9.17, 15) is 4.79 Å². The quantitative estimate of drug-likeness (QED) is 0.927. The summed E-state index contributed by atoms with van der Waals surface area (Å²) in [6, 6.07) is 8.23. The van der Waals surface area contributed by atoms with Gasteiger partial charge in [-0.25, -0.2) is 4.68 Å². The zero-order chi connectivity index (χ0) is 18.0. The van der Waals surface area contributed by atoms with Gasteiger partial charge in [-0.3, -0.25) is 4.79 Å². The van der Waals surface area contributed by atoms with Crippen LogP contribution in [0.3, 0.4) is 0 Å². The Morgan fingerprint density at radius 1 is 1.40 bits per heavy atom. The SMILES string of the molecule is CCc1c(C(=O)NC2CCOC(C)(C)C2)cnn1-c1ccccc1C. The Morgan fingerprint density at radius 3 is 2.84 bits per heavy atom. The van der Waals surface area contributed by atoms with Crippen molar-refractivity contribution in [2.45, 2.75) is 58.6 Å². The van der Waals surface area contributed by atoms with Crippen molar-refractivity contribution in [3.05, 3.63) is 47.3 Å². The van der Waals surface area contributed by atoms with Crippen LogP contribution in [0.25, 0.3) is 5.69 Å². The van der Waals surface area contributed by atoms with Gasteiger partial charge < -0.3 is 10.1 Å². The summed E-state index contributed by atoms with van der Waals surface area (Å²) in [6.45, 7) is 8.93. The number of para-hydroxylation sites is 1. The van der Waals surface area contributed by atoms with Crippen molar-refractivity contribution in [1.82, 2.24) is 15.1 Å². The predicted molar refractivity (Wildman–Crippen MR) is 98.2 cm³/mol. The summed E-state index contributed by atoms with van der Waals surface area (Å²) < 4.78 is 7.62. The predicted octanol–water partition coefficient (Wildman–Crippen LogP) is 3.43. The largest absolute Gasteiger partial charge is 0.375 e. The summed E-state index contributed by atoms with van der Waals surface area (Å²) in [5.41, 5.74) is 3.58. The molecule has 0 bridgehead atoms. The number of aromatic nitrogens is 2. The zero-order valence-corrected chi connectivity index (χ0v) is 15.5. The number of nitrogens with one attached hydrogen (secondary N) is 1. The third-order valence-electron chi connectivity index (χ3n) is 4.82. The van der Waals surface area contributed by atoms with Crippen molar-refractivity contribution in [2.75, 3.05) is 6.61 Å². The fourth-order valence-corrected chi connectivity index (χ4v) is 3.53. The Balaban J connectivity index is 1.83. The van der Waals surface area contributed by atoms with Gasteiger partial charge in [0.05, 0.1) is 28.7 Å². The molecule has 1 unspecified atom stereocenters. The second-order valence-electron chi connectivity index (χ2n) is 7.33. The van der Waals surface area contributed by atoms with Gasteiger partial charge in [-0.15, -0.1) is 0 Å². The first-order valence-electron chi connectivity index (χ1n) is 8.99. The van der Waals surface area contributed by atoms with E-state index in [0.717, 1.165) is 36.2 Å². The number of carbonyl (C=O) groups excluding carboxylic acids is 1. The fraction of sp³-hybridized carbons (Fsp3) is 0.500. The van der Waals surface area contributed by atoms with Gasteiger partial charge >= 0.3 is 0 Å². The maximum Gasteiger partial charge on any atom is 0.254 e. The smallest absolute Gasteiger partial charge is 0.254 e. The van der Waals surface area contributed by atoms with Gasteiger partial charge in [0.2, 0.25) is 0 Å². The highest BCUT2D eigenvalue weighted by Gasteiger charge is 2.30. The molecule has 1 aromatic heterocycles. The van der Waals surface area contributed by atoms with Crippen molar-refractivity contribution in [3.63, 3.8) is 0 Å². The summed E-state index contributed by atoms with van der Waals surface area (Å²) >= 11 is 0. The Morgan fingerprint density at radius 2 is 2.16 bits per heavy atom. The molecule has 1 aliphatic rings. The molecule has 25 heavy (non-hydrogen) atoms. The molecule has 1 aromatic carbocycles. The van der Waals surface area contributed by atoms with Crippen molar-refractivity contribution >= 4 is 5.91 Å². The van der Waals surface area contributed by atoms with E-state index in [-0.39, 0.29) is 17.6 Å². The van der Waals surface area contributed by atoms with E-state index >= 15 is 0 Å². The molecular formula is C20H27N3O2. The maximum atomic E-state index is 12.8. The molecule has 0 radical (unpaired) electrons. The van der Waals surface area contributed by atoms with Crippen molar-refractivity contribution in [1.29, 1.82) is 0 Å². The van der Waals surface area contributed by atoms with Crippen LogP contribution in [0, 0.1) is 6.92 Å². The zero-order valence-electron chi connectivity index (χ0n) is 15.5. The highest BCUT2D eigenvalue weighted by atomic mass is 16.5. The first kappa shape index (κ1) is 17.7. The van der Waals surface area contributed by atoms with Crippen LogP contribution < -0.4 is 5.32 Å². The minimum atomic E-state index is -0.185. The molecule has 3 rings (SSSR count). The number of hydrogen-bond acceptors (Lipinski definition) is 3. The molecule has 1 amide bonds. The molecule has 1 N–H and O–H groups in total. The molecule has 2 aromatic rings. The Labute approximate surface area is 149 Å². The Hall–Kier alpha value is -2.14. The van der Waals surface area contributed by atoms with E-state index in [1.807, 2.05) is 22.9 Å². The minimum Gasteiger partial charge on any atom is -0.375 e. The monoisotopic (exact) mass is 341 g/mol. The molecule has 0 aliphatic carbocycles. The van der Waals surface area contributed by atoms with Gasteiger partial charge in [-0.1, -0.05) is 25.1 Å². The Kier molecular flexibility index (Phi) is 4.95. The van der Waals surface area contributed by atoms with E-state index in [1.54, 1.807) is 6.20 Å². The third-order valence-corrected chi connectivity index (χ3v) is 4.82. The maximum absolute atomic E-state index is 12.8. The first-order valence-corrected chi connectivity index (χ1v) is 8.99. The van der Waals surface area contributed by atoms with Crippen molar-refractivity contribution < 1.29 is 9.53 Å². The summed E-state index contributed by atoms with van der Waals surface area (Å²) in [5.74, 6) is -0.0422. The lowest BCUT2D eigenvalue weighted by Crippen LogP contribution is -2.45. The summed E-state index contributed by atoms with van der Waals surface area (Å²) in [6.07, 6.45) is 4.11. The van der Waals surface area contributed by atoms with Gasteiger partial charge in [0.25, 0.3) is 5.91 Å². The van der Waals surface area contributed by atoms with E-state index < -0.39 is 0 Å². The van der Waals surface area contributed by atoms with E-state index in [0.29, 0.717) is 12.2 Å². The number of ether oxygens (including phenoxy) is 1. The topological polar surface area (TPSA) is 56.1 Å². The number of amides is 1. The van der Waals surface area contributed by atoms with E-state index in [4.69, 9.17) is 4.74 Å². The summed E-state index contributed by atoms with van der Waals surface area (Å²) in [4.78, 5) is 12.8. The third kappa shape index (κ3) is 3.76. The standard InChI is InChI=1S/C20H27N3O2/c1-5-17-16(13-21-23(17)18-9-7-6-8-14(18)2)19(24)22-15-10-11-25-20(3,4)12-15/h6-9,13,15H,5,10-12H2,1-4H3,(H,22,24). The second-order valence-corrected chi connectivity index (χ2v) is 7.33. The molecule has 1 fully saturated rings. The molecule has 134 valence electrons. The highest BCUT2D eigenvalue weighted by Crippen LogP contribution is 2.25. The molecular weight excluding hydrogens is 314 g/mol. The lowest BCUT2D eigenvalue weighted by molar-refractivity contribution is -0.0615. The van der Waals surface area contributed by atoms with E-state index in [2.05, 4.69) is 44.2 Å². The van der Waals surface area contributed by atoms with Crippen LogP contribution in [-0.4, -0.2) is 33.9 Å². The summed E-state index contributed by atoms with van der Waals surface area (Å²) in [5, 5.41) is 7.66. The normalized spacial score (nSPS) is 19.6. The van der Waals surface area contributed by atoms with Gasteiger partial charge in [-0.05, 0) is 51.7 Å². The molecule has 1 aliphatic heterocycles. The highest BCUT2D eigenvalue weighted by molar-refractivity contribution is 5.95. The first-order chi connectivity index (χ1) is 11.9. The fourth-order valence-electron chi connectivity index (χ4n) is 3.53. The van der Waals surface area contributed by atoms with Crippen LogP contribution in [-0.2, 0) is 11.2 Å². The number of carbonyl (C=O) groups is 1. The minimum absolute atomic E-state index is 0.0422.